The topological polar surface area (TPSA) is 32.3 Å². The number of anilines is 1. The zero-order chi connectivity index (χ0) is 12.5. The first-order chi connectivity index (χ1) is 8.74. The van der Waals surface area contributed by atoms with Gasteiger partial charge in [0.25, 0.3) is 0 Å². The molecule has 0 radical (unpaired) electrons. The average Bonchev–Trinajstić information content (AvgIpc) is 2.97. The highest BCUT2D eigenvalue weighted by Gasteiger charge is 2.23. The van der Waals surface area contributed by atoms with E-state index in [0.717, 1.165) is 18.0 Å². The Kier molecular flexibility index (Phi) is 3.08. The molecule has 0 aliphatic carbocycles. The van der Waals surface area contributed by atoms with Gasteiger partial charge >= 0.3 is 0 Å². The number of aryl methyl sites for hydroxylation is 1. The SMILES string of the molecule is CN1C(=O)Cc2cc(CCC3CCNC3)ccc21. The van der Waals surface area contributed by atoms with Crippen LogP contribution in [-0.2, 0) is 17.6 Å². The molecule has 2 aliphatic rings. The highest BCUT2D eigenvalue weighted by Crippen LogP contribution is 2.29. The van der Waals surface area contributed by atoms with Gasteiger partial charge in [0.05, 0.1) is 6.42 Å². The lowest BCUT2D eigenvalue weighted by Gasteiger charge is -2.11. The Morgan fingerprint density at radius 1 is 1.44 bits per heavy atom. The Morgan fingerprint density at radius 3 is 3.11 bits per heavy atom. The molecule has 0 spiro atoms. The van der Waals surface area contributed by atoms with E-state index in [1.165, 1.54) is 37.1 Å². The molecule has 3 rings (SSSR count). The number of benzene rings is 1. The van der Waals surface area contributed by atoms with Crippen molar-refractivity contribution in [1.82, 2.24) is 5.32 Å². The van der Waals surface area contributed by atoms with Gasteiger partial charge in [-0.3, -0.25) is 4.79 Å². The molecule has 1 N–H and O–H groups in total. The molecule has 0 bridgehead atoms. The van der Waals surface area contributed by atoms with Crippen LogP contribution in [0.15, 0.2) is 18.2 Å². The molecule has 2 aliphatic heterocycles. The molecule has 1 aromatic rings. The lowest BCUT2D eigenvalue weighted by atomic mass is 9.97. The van der Waals surface area contributed by atoms with Gasteiger partial charge in [-0.25, -0.2) is 0 Å². The first-order valence-corrected chi connectivity index (χ1v) is 6.83. The highest BCUT2D eigenvalue weighted by atomic mass is 16.2. The summed E-state index contributed by atoms with van der Waals surface area (Å²) in [6, 6.07) is 6.50. The van der Waals surface area contributed by atoms with E-state index in [1.54, 1.807) is 4.90 Å². The number of hydrogen-bond donors (Lipinski definition) is 1. The summed E-state index contributed by atoms with van der Waals surface area (Å²) in [6.45, 7) is 2.35. The van der Waals surface area contributed by atoms with Crippen LogP contribution in [0.5, 0.6) is 0 Å². The fraction of sp³-hybridized carbons (Fsp3) is 0.533. The van der Waals surface area contributed by atoms with E-state index in [0.29, 0.717) is 6.42 Å². The van der Waals surface area contributed by atoms with Crippen LogP contribution in [0.4, 0.5) is 5.69 Å². The summed E-state index contributed by atoms with van der Waals surface area (Å²) in [5.41, 5.74) is 3.67. The quantitative estimate of drug-likeness (QED) is 0.878. The average molecular weight is 244 g/mol. The maximum atomic E-state index is 11.6. The van der Waals surface area contributed by atoms with Crippen LogP contribution >= 0.6 is 0 Å². The smallest absolute Gasteiger partial charge is 0.231 e. The third-order valence-electron chi connectivity index (χ3n) is 4.22. The molecule has 1 unspecified atom stereocenters. The minimum Gasteiger partial charge on any atom is -0.316 e. The van der Waals surface area contributed by atoms with Crippen molar-refractivity contribution in [2.45, 2.75) is 25.7 Å². The van der Waals surface area contributed by atoms with Crippen molar-refractivity contribution in [1.29, 1.82) is 0 Å². The van der Waals surface area contributed by atoms with Gasteiger partial charge in [-0.2, -0.15) is 0 Å². The third-order valence-corrected chi connectivity index (χ3v) is 4.22. The molecule has 1 fully saturated rings. The summed E-state index contributed by atoms with van der Waals surface area (Å²) >= 11 is 0. The van der Waals surface area contributed by atoms with Crippen LogP contribution in [0.25, 0.3) is 0 Å². The Morgan fingerprint density at radius 2 is 2.33 bits per heavy atom. The number of likely N-dealkylation sites (N-methyl/N-ethyl adjacent to an activating group) is 1. The molecule has 1 atom stereocenters. The molecule has 96 valence electrons. The Bertz CT molecular complexity index is 464. The minimum atomic E-state index is 0.210. The summed E-state index contributed by atoms with van der Waals surface area (Å²) in [4.78, 5) is 13.4. The Balaban J connectivity index is 1.67. The van der Waals surface area contributed by atoms with Crippen molar-refractivity contribution < 1.29 is 4.79 Å². The number of hydrogen-bond acceptors (Lipinski definition) is 2. The molecule has 0 saturated carbocycles. The van der Waals surface area contributed by atoms with Crippen LogP contribution in [0, 0.1) is 5.92 Å². The lowest BCUT2D eigenvalue weighted by molar-refractivity contribution is -0.117. The van der Waals surface area contributed by atoms with E-state index in [2.05, 4.69) is 23.5 Å². The minimum absolute atomic E-state index is 0.210. The lowest BCUT2D eigenvalue weighted by Crippen LogP contribution is -2.20. The maximum absolute atomic E-state index is 11.6. The number of carbonyl (C=O) groups excluding carboxylic acids is 1. The van der Waals surface area contributed by atoms with E-state index < -0.39 is 0 Å². The van der Waals surface area contributed by atoms with E-state index in [4.69, 9.17) is 0 Å². The largest absolute Gasteiger partial charge is 0.316 e. The maximum Gasteiger partial charge on any atom is 0.231 e. The predicted octanol–water partition coefficient (Wildman–Crippen LogP) is 1.75. The molecule has 1 aromatic carbocycles. The van der Waals surface area contributed by atoms with Crippen LogP contribution in [0.3, 0.4) is 0 Å². The predicted molar refractivity (Wildman–Crippen MR) is 72.9 cm³/mol. The summed E-state index contributed by atoms with van der Waals surface area (Å²) in [7, 11) is 1.86. The highest BCUT2D eigenvalue weighted by molar-refractivity contribution is 6.00. The fourth-order valence-corrected chi connectivity index (χ4v) is 3.01. The van der Waals surface area contributed by atoms with Gasteiger partial charge in [0.15, 0.2) is 0 Å². The van der Waals surface area contributed by atoms with E-state index in [1.807, 2.05) is 7.05 Å². The molecule has 3 heteroatoms. The van der Waals surface area contributed by atoms with Gasteiger partial charge in [0.1, 0.15) is 0 Å². The van der Waals surface area contributed by atoms with E-state index in [9.17, 15) is 4.79 Å². The molecular weight excluding hydrogens is 224 g/mol. The van der Waals surface area contributed by atoms with Crippen molar-refractivity contribution in [3.8, 4) is 0 Å². The first-order valence-electron chi connectivity index (χ1n) is 6.83. The van der Waals surface area contributed by atoms with Crippen LogP contribution in [0.1, 0.15) is 24.0 Å². The standard InChI is InChI=1S/C15H20N2O/c1-17-14-5-4-11(8-13(14)9-15(17)18)2-3-12-6-7-16-10-12/h4-5,8,12,16H,2-3,6-7,9-10H2,1H3. The summed E-state index contributed by atoms with van der Waals surface area (Å²) in [5, 5.41) is 3.41. The van der Waals surface area contributed by atoms with Gasteiger partial charge in [-0.1, -0.05) is 12.1 Å². The molecule has 3 nitrogen and oxygen atoms in total. The normalized spacial score (nSPS) is 22.6. The van der Waals surface area contributed by atoms with Gasteiger partial charge in [-0.15, -0.1) is 0 Å². The molecular formula is C15H20N2O. The monoisotopic (exact) mass is 244 g/mol. The second kappa shape index (κ2) is 4.73. The van der Waals surface area contributed by atoms with Crippen LogP contribution < -0.4 is 10.2 Å². The number of fused-ring (bicyclic) bond motifs is 1. The Labute approximate surface area is 108 Å². The summed E-state index contributed by atoms with van der Waals surface area (Å²) in [6.07, 6.45) is 4.28. The van der Waals surface area contributed by atoms with Crippen molar-refractivity contribution in [3.63, 3.8) is 0 Å². The zero-order valence-corrected chi connectivity index (χ0v) is 10.9. The first kappa shape index (κ1) is 11.7. The zero-order valence-electron chi connectivity index (χ0n) is 10.9. The van der Waals surface area contributed by atoms with E-state index in [-0.39, 0.29) is 5.91 Å². The van der Waals surface area contributed by atoms with Gasteiger partial charge in [-0.05, 0) is 55.5 Å². The third kappa shape index (κ3) is 2.15. The fourth-order valence-electron chi connectivity index (χ4n) is 3.01. The van der Waals surface area contributed by atoms with Gasteiger partial charge in [0.2, 0.25) is 5.91 Å². The summed E-state index contributed by atoms with van der Waals surface area (Å²) in [5.74, 6) is 1.05. The summed E-state index contributed by atoms with van der Waals surface area (Å²) < 4.78 is 0. The van der Waals surface area contributed by atoms with Crippen LogP contribution in [0.2, 0.25) is 0 Å². The van der Waals surface area contributed by atoms with Crippen molar-refractivity contribution in [3.05, 3.63) is 29.3 Å². The number of rotatable bonds is 3. The molecule has 18 heavy (non-hydrogen) atoms. The number of carbonyl (C=O) groups is 1. The second-order valence-corrected chi connectivity index (χ2v) is 5.49. The second-order valence-electron chi connectivity index (χ2n) is 5.49. The molecule has 1 amide bonds. The molecule has 1 saturated heterocycles. The van der Waals surface area contributed by atoms with Crippen molar-refractivity contribution in [2.75, 3.05) is 25.0 Å². The van der Waals surface area contributed by atoms with Gasteiger partial charge < -0.3 is 10.2 Å². The van der Waals surface area contributed by atoms with Crippen LogP contribution in [-0.4, -0.2) is 26.0 Å². The van der Waals surface area contributed by atoms with E-state index >= 15 is 0 Å². The Hall–Kier alpha value is -1.35. The van der Waals surface area contributed by atoms with Gasteiger partial charge in [0, 0.05) is 12.7 Å². The molecule has 0 aromatic heterocycles. The van der Waals surface area contributed by atoms with Crippen molar-refractivity contribution >= 4 is 11.6 Å². The van der Waals surface area contributed by atoms with Crippen molar-refractivity contribution in [2.24, 2.45) is 5.92 Å². The number of nitrogens with zero attached hydrogens (tertiary/aromatic N) is 1. The number of nitrogens with one attached hydrogen (secondary N) is 1. The molecule has 2 heterocycles. The number of amides is 1.